The molecular weight excluding hydrogens is 228 g/mol. The van der Waals surface area contributed by atoms with Crippen molar-refractivity contribution in [2.45, 2.75) is 66.1 Å². The van der Waals surface area contributed by atoms with Crippen molar-refractivity contribution >= 4 is 8.32 Å². The van der Waals surface area contributed by atoms with Crippen molar-refractivity contribution in [2.75, 3.05) is 19.8 Å². The lowest BCUT2D eigenvalue weighted by Gasteiger charge is -2.33. The maximum absolute atomic E-state index is 6.33. The summed E-state index contributed by atoms with van der Waals surface area (Å²) in [5.41, 5.74) is 0.146. The molecule has 0 atom stereocenters. The van der Waals surface area contributed by atoms with Crippen LogP contribution in [-0.4, -0.2) is 28.1 Å². The quantitative estimate of drug-likeness (QED) is 0.426. The summed E-state index contributed by atoms with van der Waals surface area (Å²) in [6, 6.07) is 3.68. The normalized spacial score (nSPS) is 13.1. The van der Waals surface area contributed by atoms with Gasteiger partial charge in [0.25, 0.3) is 0 Å². The van der Waals surface area contributed by atoms with E-state index in [1.165, 1.54) is 18.1 Å². The Labute approximate surface area is 109 Å². The van der Waals surface area contributed by atoms with Gasteiger partial charge in [0, 0.05) is 18.6 Å². The third-order valence-corrected chi connectivity index (χ3v) is 8.17. The van der Waals surface area contributed by atoms with Crippen LogP contribution in [0.3, 0.4) is 0 Å². The van der Waals surface area contributed by atoms with Crippen LogP contribution in [-0.2, 0) is 9.16 Å². The van der Waals surface area contributed by atoms with E-state index >= 15 is 0 Å². The minimum Gasteiger partial charge on any atom is -0.416 e. The Morgan fingerprint density at radius 1 is 0.882 bits per heavy atom. The van der Waals surface area contributed by atoms with Crippen molar-refractivity contribution in [1.29, 1.82) is 0 Å². The van der Waals surface area contributed by atoms with Crippen LogP contribution < -0.4 is 0 Å². The molecule has 104 valence electrons. The molecule has 0 rings (SSSR count). The summed E-state index contributed by atoms with van der Waals surface area (Å²) in [7, 11) is -1.43. The second-order valence-electron chi connectivity index (χ2n) is 5.75. The molecule has 0 fully saturated rings. The molecule has 0 spiro atoms. The highest BCUT2D eigenvalue weighted by Gasteiger charge is 2.31. The van der Waals surface area contributed by atoms with Gasteiger partial charge < -0.3 is 9.16 Å². The molecule has 0 aliphatic heterocycles. The third-order valence-electron chi connectivity index (χ3n) is 3.54. The van der Waals surface area contributed by atoms with E-state index in [0.717, 1.165) is 26.2 Å². The van der Waals surface area contributed by atoms with Gasteiger partial charge in [-0.15, -0.1) is 0 Å². The summed E-state index contributed by atoms with van der Waals surface area (Å²) in [4.78, 5) is 0. The highest BCUT2D eigenvalue weighted by molar-refractivity contribution is 6.73. The van der Waals surface area contributed by atoms with Crippen LogP contribution in [0.1, 0.15) is 48.0 Å². The zero-order valence-electron chi connectivity index (χ0n) is 12.8. The molecule has 0 aliphatic carbocycles. The van der Waals surface area contributed by atoms with E-state index in [-0.39, 0.29) is 5.41 Å². The number of rotatable bonds is 10. The van der Waals surface area contributed by atoms with Crippen molar-refractivity contribution < 1.29 is 9.16 Å². The number of hydrogen-bond acceptors (Lipinski definition) is 2. The van der Waals surface area contributed by atoms with E-state index in [1.54, 1.807) is 0 Å². The zero-order chi connectivity index (χ0) is 13.4. The average Bonchev–Trinajstić information content (AvgIpc) is 2.32. The van der Waals surface area contributed by atoms with Crippen molar-refractivity contribution in [2.24, 2.45) is 5.41 Å². The molecule has 2 nitrogen and oxygen atoms in total. The van der Waals surface area contributed by atoms with Crippen molar-refractivity contribution in [3.8, 4) is 0 Å². The Balaban J connectivity index is 4.13. The van der Waals surface area contributed by atoms with Crippen molar-refractivity contribution in [3.63, 3.8) is 0 Å². The van der Waals surface area contributed by atoms with Gasteiger partial charge in [-0.1, -0.05) is 41.5 Å². The molecular formula is C14H32O2Si. The molecule has 0 unspecified atom stereocenters. The number of ether oxygens (including phenoxy) is 1. The van der Waals surface area contributed by atoms with E-state index in [1.807, 2.05) is 0 Å². The van der Waals surface area contributed by atoms with Crippen LogP contribution in [0.5, 0.6) is 0 Å². The van der Waals surface area contributed by atoms with Crippen LogP contribution in [0, 0.1) is 5.41 Å². The molecule has 0 saturated carbocycles. The van der Waals surface area contributed by atoms with Gasteiger partial charge in [-0.25, -0.2) is 0 Å². The molecule has 0 aromatic rings. The average molecular weight is 260 g/mol. The molecule has 0 aromatic carbocycles. The van der Waals surface area contributed by atoms with Crippen molar-refractivity contribution in [1.82, 2.24) is 0 Å². The molecule has 0 saturated heterocycles. The first-order valence-corrected chi connectivity index (χ1v) is 9.70. The fourth-order valence-electron chi connectivity index (χ4n) is 1.94. The summed E-state index contributed by atoms with van der Waals surface area (Å²) in [5, 5.41) is 0. The SMILES string of the molecule is CCCOCC(C)(C)CO[Si](CC)(CC)CC. The Bertz CT molecular complexity index is 180. The molecule has 0 heterocycles. The molecule has 0 aliphatic rings. The van der Waals surface area contributed by atoms with Gasteiger partial charge in [0.05, 0.1) is 6.61 Å². The first-order chi connectivity index (χ1) is 7.95. The van der Waals surface area contributed by atoms with E-state index in [0.29, 0.717) is 0 Å². The van der Waals surface area contributed by atoms with Crippen LogP contribution in [0.4, 0.5) is 0 Å². The molecule has 0 N–H and O–H groups in total. The van der Waals surface area contributed by atoms with Crippen LogP contribution in [0.2, 0.25) is 18.1 Å². The second kappa shape index (κ2) is 8.28. The fourth-order valence-corrected chi connectivity index (χ4v) is 4.75. The lowest BCUT2D eigenvalue weighted by Crippen LogP contribution is -2.40. The van der Waals surface area contributed by atoms with E-state index in [4.69, 9.17) is 9.16 Å². The van der Waals surface area contributed by atoms with Crippen LogP contribution in [0.25, 0.3) is 0 Å². The third kappa shape index (κ3) is 6.58. The van der Waals surface area contributed by atoms with Crippen LogP contribution >= 0.6 is 0 Å². The van der Waals surface area contributed by atoms with Gasteiger partial charge in [0.1, 0.15) is 0 Å². The smallest absolute Gasteiger partial charge is 0.192 e. The summed E-state index contributed by atoms with van der Waals surface area (Å²) < 4.78 is 12.0. The Hall–Kier alpha value is 0.137. The van der Waals surface area contributed by atoms with Crippen LogP contribution in [0.15, 0.2) is 0 Å². The van der Waals surface area contributed by atoms with Gasteiger partial charge in [-0.3, -0.25) is 0 Å². The summed E-state index contributed by atoms with van der Waals surface area (Å²) >= 11 is 0. The molecule has 0 bridgehead atoms. The van der Waals surface area contributed by atoms with Gasteiger partial charge in [0.15, 0.2) is 8.32 Å². The topological polar surface area (TPSA) is 18.5 Å². The minimum atomic E-state index is -1.43. The first kappa shape index (κ1) is 17.1. The van der Waals surface area contributed by atoms with E-state index in [9.17, 15) is 0 Å². The standard InChI is InChI=1S/C14H32O2Si/c1-7-11-15-12-14(5,6)13-16-17(8-2,9-3)10-4/h7-13H2,1-6H3. The predicted molar refractivity (Wildman–Crippen MR) is 78.0 cm³/mol. The Morgan fingerprint density at radius 3 is 1.82 bits per heavy atom. The Morgan fingerprint density at radius 2 is 1.41 bits per heavy atom. The lowest BCUT2D eigenvalue weighted by molar-refractivity contribution is 0.0321. The first-order valence-electron chi connectivity index (χ1n) is 7.17. The maximum atomic E-state index is 6.33. The maximum Gasteiger partial charge on any atom is 0.192 e. The van der Waals surface area contributed by atoms with E-state index < -0.39 is 8.32 Å². The highest BCUT2D eigenvalue weighted by Crippen LogP contribution is 2.26. The lowest BCUT2D eigenvalue weighted by atomic mass is 9.97. The molecule has 17 heavy (non-hydrogen) atoms. The predicted octanol–water partition coefficient (Wildman–Crippen LogP) is 4.46. The van der Waals surface area contributed by atoms with Gasteiger partial charge in [0.2, 0.25) is 0 Å². The van der Waals surface area contributed by atoms with Gasteiger partial charge in [-0.2, -0.15) is 0 Å². The molecule has 0 aromatic heterocycles. The van der Waals surface area contributed by atoms with Gasteiger partial charge in [-0.05, 0) is 24.6 Å². The van der Waals surface area contributed by atoms with Gasteiger partial charge >= 0.3 is 0 Å². The largest absolute Gasteiger partial charge is 0.416 e. The summed E-state index contributed by atoms with van der Waals surface area (Å²) in [6.07, 6.45) is 1.09. The zero-order valence-corrected chi connectivity index (χ0v) is 13.8. The minimum absolute atomic E-state index is 0.146. The summed E-state index contributed by atoms with van der Waals surface area (Å²) in [6.45, 7) is 16.0. The molecule has 0 radical (unpaired) electrons. The Kier molecular flexibility index (Phi) is 8.34. The number of hydrogen-bond donors (Lipinski definition) is 0. The molecule has 0 amide bonds. The highest BCUT2D eigenvalue weighted by atomic mass is 28.4. The van der Waals surface area contributed by atoms with Crippen molar-refractivity contribution in [3.05, 3.63) is 0 Å². The monoisotopic (exact) mass is 260 g/mol. The summed E-state index contributed by atoms with van der Waals surface area (Å²) in [5.74, 6) is 0. The van der Waals surface area contributed by atoms with E-state index in [2.05, 4.69) is 41.5 Å². The fraction of sp³-hybridized carbons (Fsp3) is 1.00. The second-order valence-corrected chi connectivity index (χ2v) is 10.5. The molecule has 3 heteroatoms.